The van der Waals surface area contributed by atoms with E-state index in [0.717, 1.165) is 0 Å². The second kappa shape index (κ2) is 3.65. The largest absolute Gasteiger partial charge is 1.00 e. The lowest BCUT2D eigenvalue weighted by Gasteiger charge is -2.00. The van der Waals surface area contributed by atoms with Crippen molar-refractivity contribution in [2.24, 2.45) is 0 Å². The van der Waals surface area contributed by atoms with Crippen LogP contribution in [0.2, 0.25) is 0 Å². The minimum Gasteiger partial charge on any atom is -1.00 e. The smallest absolute Gasteiger partial charge is 0.453 e. The first kappa shape index (κ1) is 11.8. The number of rotatable bonds is 1. The summed E-state index contributed by atoms with van der Waals surface area (Å²) in [6.07, 6.45) is -4.31. The number of nitrogens with zero attached hydrogens (tertiary/aromatic N) is 1. The van der Waals surface area contributed by atoms with Crippen LogP contribution in [0.25, 0.3) is 0 Å². The van der Waals surface area contributed by atoms with E-state index < -0.39 is 23.5 Å². The van der Waals surface area contributed by atoms with E-state index in [4.69, 9.17) is 5.11 Å². The Morgan fingerprint density at radius 2 is 2.08 bits per heavy atom. The quantitative estimate of drug-likeness (QED) is 0.614. The van der Waals surface area contributed by atoms with Gasteiger partial charge in [-0.15, -0.1) is 0 Å². The maximum absolute atomic E-state index is 11.8. The van der Waals surface area contributed by atoms with Crippen molar-refractivity contribution in [3.05, 3.63) is 17.5 Å². The number of alkyl halides is 3. The van der Waals surface area contributed by atoms with Crippen LogP contribution in [-0.2, 0) is 6.18 Å². The lowest BCUT2D eigenvalue weighted by atomic mass is 10.2. The van der Waals surface area contributed by atoms with E-state index in [0.29, 0.717) is 6.20 Å². The highest BCUT2D eigenvalue weighted by Gasteiger charge is 2.40. The normalized spacial score (nSPS) is 10.7. The van der Waals surface area contributed by atoms with Crippen LogP contribution in [0.4, 0.5) is 13.2 Å². The number of carboxylic acid groups (broad SMARTS) is 1. The molecule has 13 heavy (non-hydrogen) atoms. The van der Waals surface area contributed by atoms with Crippen LogP contribution in [0.3, 0.4) is 0 Å². The molecule has 1 aromatic heterocycles. The molecule has 1 heterocycles. The van der Waals surface area contributed by atoms with E-state index in [9.17, 15) is 18.0 Å². The zero-order chi connectivity index (χ0) is 9.35. The first-order chi connectivity index (χ1) is 5.43. The van der Waals surface area contributed by atoms with Gasteiger partial charge in [0.1, 0.15) is 5.56 Å². The molecule has 0 aliphatic rings. The third-order valence-corrected chi connectivity index (χ3v) is 1.06. The zero-order valence-corrected chi connectivity index (χ0v) is 6.56. The molecule has 74 valence electrons. The summed E-state index contributed by atoms with van der Waals surface area (Å²) < 4.78 is 39.3. The number of carbonyl (C=O) groups is 1. The van der Waals surface area contributed by atoms with E-state index in [2.05, 4.69) is 9.68 Å². The van der Waals surface area contributed by atoms with Gasteiger partial charge in [-0.2, -0.15) is 13.2 Å². The van der Waals surface area contributed by atoms with Crippen molar-refractivity contribution in [3.63, 3.8) is 0 Å². The molecule has 0 amide bonds. The van der Waals surface area contributed by atoms with Gasteiger partial charge < -0.3 is 22.0 Å². The van der Waals surface area contributed by atoms with Crippen molar-refractivity contribution in [3.8, 4) is 0 Å². The molecule has 0 aromatic carbocycles. The lowest BCUT2D eigenvalue weighted by Crippen LogP contribution is -3.00. The highest BCUT2D eigenvalue weighted by Crippen LogP contribution is 2.31. The van der Waals surface area contributed by atoms with Crippen molar-refractivity contribution >= 4 is 5.97 Å². The summed E-state index contributed by atoms with van der Waals surface area (Å²) in [6.45, 7) is 0. The Morgan fingerprint density at radius 1 is 1.54 bits per heavy atom. The van der Waals surface area contributed by atoms with Crippen LogP contribution in [0, 0.1) is 0 Å². The zero-order valence-electron chi connectivity index (χ0n) is 5.80. The molecule has 1 aromatic rings. The first-order valence-corrected chi connectivity index (χ1v) is 2.68. The van der Waals surface area contributed by atoms with Crippen LogP contribution in [0.1, 0.15) is 16.1 Å². The van der Waals surface area contributed by atoms with E-state index in [1.165, 1.54) is 0 Å². The Bertz CT molecular complexity index is 308. The SMILES string of the molecule is O=C(O)c1cnoc1C(F)(F)F.[Cl-]. The molecule has 8 heteroatoms. The molecule has 0 fully saturated rings. The van der Waals surface area contributed by atoms with Crippen LogP contribution in [0.15, 0.2) is 10.7 Å². The molecule has 0 unspecified atom stereocenters. The summed E-state index contributed by atoms with van der Waals surface area (Å²) in [5, 5.41) is 11.0. The molecule has 0 aliphatic heterocycles. The number of hydrogen-bond acceptors (Lipinski definition) is 3. The topological polar surface area (TPSA) is 63.3 Å². The maximum atomic E-state index is 11.8. The van der Waals surface area contributed by atoms with Gasteiger partial charge in [-0.25, -0.2) is 4.79 Å². The second-order valence-electron chi connectivity index (χ2n) is 1.87. The molecule has 0 saturated heterocycles. The average Bonchev–Trinajstić information content (AvgIpc) is 2.30. The van der Waals surface area contributed by atoms with Gasteiger partial charge >= 0.3 is 12.1 Å². The molecule has 4 nitrogen and oxygen atoms in total. The highest BCUT2D eigenvalue weighted by atomic mass is 35.5. The molecule has 0 spiro atoms. The van der Waals surface area contributed by atoms with Crippen molar-refractivity contribution in [2.75, 3.05) is 0 Å². The standard InChI is InChI=1S/C5H2F3NO3.ClH/c6-5(7,8)3-2(4(10)11)1-9-12-3;/h1H,(H,10,11);1H/p-1. The van der Waals surface area contributed by atoms with Gasteiger partial charge in [0.15, 0.2) is 0 Å². The summed E-state index contributed by atoms with van der Waals surface area (Å²) >= 11 is 0. The Balaban J connectivity index is 0.00000144. The third-order valence-electron chi connectivity index (χ3n) is 1.06. The number of hydrogen-bond donors (Lipinski definition) is 1. The number of carboxylic acids is 1. The summed E-state index contributed by atoms with van der Waals surface area (Å²) in [5.74, 6) is -3.31. The second-order valence-corrected chi connectivity index (χ2v) is 1.87. The molecule has 0 bridgehead atoms. The van der Waals surface area contributed by atoms with Crippen molar-refractivity contribution in [2.45, 2.75) is 6.18 Å². The molecular weight excluding hydrogens is 215 g/mol. The predicted octanol–water partition coefficient (Wildman–Crippen LogP) is -1.60. The summed E-state index contributed by atoms with van der Waals surface area (Å²) in [5.41, 5.74) is -0.984. The van der Waals surface area contributed by atoms with Crippen LogP contribution >= 0.6 is 0 Å². The van der Waals surface area contributed by atoms with E-state index in [1.54, 1.807) is 0 Å². The molecule has 0 radical (unpaired) electrons. The van der Waals surface area contributed by atoms with Gasteiger partial charge in [-0.3, -0.25) is 0 Å². The minimum atomic E-state index is -4.82. The minimum absolute atomic E-state index is 0. The average molecular weight is 217 g/mol. The Labute approximate surface area is 75.7 Å². The molecular formula is C5H2ClF3NO3-. The van der Waals surface area contributed by atoms with Gasteiger partial charge in [0.25, 0.3) is 5.76 Å². The molecule has 1 N–H and O–H groups in total. The molecule has 1 rings (SSSR count). The van der Waals surface area contributed by atoms with E-state index in [-0.39, 0.29) is 12.4 Å². The molecule has 0 atom stereocenters. The number of halogens is 4. The van der Waals surface area contributed by atoms with Crippen molar-refractivity contribution in [1.29, 1.82) is 0 Å². The summed E-state index contributed by atoms with van der Waals surface area (Å²) in [6, 6.07) is 0. The van der Waals surface area contributed by atoms with Gasteiger partial charge in [0.2, 0.25) is 0 Å². The fraction of sp³-hybridized carbons (Fsp3) is 0.200. The number of aromatic carboxylic acids is 1. The Hall–Kier alpha value is -1.24. The highest BCUT2D eigenvalue weighted by molar-refractivity contribution is 5.88. The van der Waals surface area contributed by atoms with E-state index in [1.807, 2.05) is 0 Å². The Kier molecular flexibility index (Phi) is 3.30. The maximum Gasteiger partial charge on any atom is 0.453 e. The van der Waals surface area contributed by atoms with Crippen molar-refractivity contribution in [1.82, 2.24) is 5.16 Å². The van der Waals surface area contributed by atoms with Gasteiger partial charge in [-0.1, -0.05) is 5.16 Å². The fourth-order valence-corrected chi connectivity index (χ4v) is 0.596. The Morgan fingerprint density at radius 3 is 2.38 bits per heavy atom. The van der Waals surface area contributed by atoms with E-state index >= 15 is 0 Å². The van der Waals surface area contributed by atoms with Crippen LogP contribution in [-0.4, -0.2) is 16.2 Å². The predicted molar refractivity (Wildman–Crippen MR) is 28.5 cm³/mol. The summed E-state index contributed by atoms with van der Waals surface area (Å²) in [7, 11) is 0. The fourth-order valence-electron chi connectivity index (χ4n) is 0.596. The monoisotopic (exact) mass is 216 g/mol. The summed E-state index contributed by atoms with van der Waals surface area (Å²) in [4.78, 5) is 10.1. The lowest BCUT2D eigenvalue weighted by molar-refractivity contribution is -0.156. The number of aromatic nitrogens is 1. The van der Waals surface area contributed by atoms with Crippen LogP contribution in [0.5, 0.6) is 0 Å². The van der Waals surface area contributed by atoms with Gasteiger partial charge in [-0.05, 0) is 0 Å². The third kappa shape index (κ3) is 2.35. The molecule has 0 saturated carbocycles. The molecule has 0 aliphatic carbocycles. The van der Waals surface area contributed by atoms with Crippen molar-refractivity contribution < 1.29 is 40.0 Å². The van der Waals surface area contributed by atoms with Gasteiger partial charge in [0, 0.05) is 0 Å². The van der Waals surface area contributed by atoms with Crippen LogP contribution < -0.4 is 12.4 Å². The van der Waals surface area contributed by atoms with Gasteiger partial charge in [0.05, 0.1) is 6.20 Å². The first-order valence-electron chi connectivity index (χ1n) is 2.68.